The molecule has 7 nitrogen and oxygen atoms in total. The molecule has 0 bridgehead atoms. The Bertz CT molecular complexity index is 923. The summed E-state index contributed by atoms with van der Waals surface area (Å²) in [6, 6.07) is 9.04. The fraction of sp³-hybridized carbons (Fsp3) is 0.167. The molecule has 0 fully saturated rings. The zero-order valence-electron chi connectivity index (χ0n) is 13.7. The molecule has 3 heterocycles. The molecule has 0 aliphatic heterocycles. The Kier molecular flexibility index (Phi) is 4.94. The number of carbonyl (C=O) groups is 1. The van der Waals surface area contributed by atoms with Crippen molar-refractivity contribution in [3.63, 3.8) is 0 Å². The van der Waals surface area contributed by atoms with E-state index in [0.717, 1.165) is 5.56 Å². The first kappa shape index (κ1) is 16.5. The summed E-state index contributed by atoms with van der Waals surface area (Å²) in [5.74, 6) is 0.146. The van der Waals surface area contributed by atoms with Crippen LogP contribution < -0.4 is 10.9 Å². The second kappa shape index (κ2) is 7.48. The SMILES string of the molecule is Cc1nc(-c2ccccn2)[nH]c(=O)c1CC(=O)NCc1cccnc1. The molecular formula is C18H17N5O2. The molecule has 1 amide bonds. The number of pyridine rings is 2. The molecule has 25 heavy (non-hydrogen) atoms. The molecule has 0 atom stereocenters. The van der Waals surface area contributed by atoms with Gasteiger partial charge < -0.3 is 10.3 Å². The first-order valence-electron chi connectivity index (χ1n) is 7.80. The molecule has 0 spiro atoms. The maximum absolute atomic E-state index is 12.3. The van der Waals surface area contributed by atoms with Crippen LogP contribution in [0, 0.1) is 6.92 Å². The van der Waals surface area contributed by atoms with Crippen LogP contribution in [0.15, 0.2) is 53.7 Å². The average Bonchev–Trinajstić information content (AvgIpc) is 2.64. The zero-order valence-corrected chi connectivity index (χ0v) is 13.7. The van der Waals surface area contributed by atoms with E-state index in [1.165, 1.54) is 0 Å². The van der Waals surface area contributed by atoms with Gasteiger partial charge in [-0.15, -0.1) is 0 Å². The van der Waals surface area contributed by atoms with Crippen LogP contribution in [0.2, 0.25) is 0 Å². The van der Waals surface area contributed by atoms with Crippen molar-refractivity contribution in [3.8, 4) is 11.5 Å². The molecule has 3 aromatic heterocycles. The van der Waals surface area contributed by atoms with Crippen molar-refractivity contribution in [2.24, 2.45) is 0 Å². The van der Waals surface area contributed by atoms with Crippen LogP contribution in [0.4, 0.5) is 0 Å². The second-order valence-electron chi connectivity index (χ2n) is 5.51. The monoisotopic (exact) mass is 335 g/mol. The van der Waals surface area contributed by atoms with Gasteiger partial charge in [0.1, 0.15) is 5.69 Å². The predicted molar refractivity (Wildman–Crippen MR) is 92.6 cm³/mol. The third-order valence-corrected chi connectivity index (χ3v) is 3.68. The van der Waals surface area contributed by atoms with Gasteiger partial charge in [0.05, 0.1) is 6.42 Å². The molecule has 0 saturated carbocycles. The van der Waals surface area contributed by atoms with E-state index >= 15 is 0 Å². The lowest BCUT2D eigenvalue weighted by Gasteiger charge is -2.08. The van der Waals surface area contributed by atoms with Gasteiger partial charge >= 0.3 is 0 Å². The first-order chi connectivity index (χ1) is 12.1. The van der Waals surface area contributed by atoms with Gasteiger partial charge in [0.15, 0.2) is 5.82 Å². The molecule has 0 saturated heterocycles. The van der Waals surface area contributed by atoms with Gasteiger partial charge in [0.2, 0.25) is 5.91 Å². The van der Waals surface area contributed by atoms with Crippen molar-refractivity contribution in [2.75, 3.05) is 0 Å². The molecule has 0 unspecified atom stereocenters. The maximum Gasteiger partial charge on any atom is 0.255 e. The third-order valence-electron chi connectivity index (χ3n) is 3.68. The van der Waals surface area contributed by atoms with E-state index in [1.807, 2.05) is 12.1 Å². The number of hydrogen-bond donors (Lipinski definition) is 2. The van der Waals surface area contributed by atoms with Crippen molar-refractivity contribution >= 4 is 5.91 Å². The normalized spacial score (nSPS) is 10.4. The van der Waals surface area contributed by atoms with Crippen LogP contribution in [-0.4, -0.2) is 25.8 Å². The van der Waals surface area contributed by atoms with Crippen molar-refractivity contribution in [3.05, 3.63) is 76.1 Å². The summed E-state index contributed by atoms with van der Waals surface area (Å²) in [7, 11) is 0. The summed E-state index contributed by atoms with van der Waals surface area (Å²) in [4.78, 5) is 39.7. The smallest absolute Gasteiger partial charge is 0.255 e. The Morgan fingerprint density at radius 3 is 2.76 bits per heavy atom. The van der Waals surface area contributed by atoms with Gasteiger partial charge in [-0.25, -0.2) is 4.98 Å². The fourth-order valence-corrected chi connectivity index (χ4v) is 2.37. The lowest BCUT2D eigenvalue weighted by Crippen LogP contribution is -2.29. The van der Waals surface area contributed by atoms with E-state index in [2.05, 4.69) is 25.3 Å². The molecule has 7 heteroatoms. The average molecular weight is 335 g/mol. The lowest BCUT2D eigenvalue weighted by atomic mass is 10.1. The van der Waals surface area contributed by atoms with Gasteiger partial charge in [-0.05, 0) is 30.7 Å². The molecular weight excluding hydrogens is 318 g/mol. The summed E-state index contributed by atoms with van der Waals surface area (Å²) < 4.78 is 0. The molecule has 3 aromatic rings. The molecule has 0 radical (unpaired) electrons. The van der Waals surface area contributed by atoms with Crippen molar-refractivity contribution in [1.82, 2.24) is 25.3 Å². The van der Waals surface area contributed by atoms with E-state index in [1.54, 1.807) is 43.7 Å². The van der Waals surface area contributed by atoms with Crippen molar-refractivity contribution in [2.45, 2.75) is 19.9 Å². The number of nitrogens with zero attached hydrogens (tertiary/aromatic N) is 3. The Morgan fingerprint density at radius 2 is 2.08 bits per heavy atom. The number of nitrogens with one attached hydrogen (secondary N) is 2. The van der Waals surface area contributed by atoms with Gasteiger partial charge in [-0.1, -0.05) is 12.1 Å². The number of amides is 1. The van der Waals surface area contributed by atoms with Crippen LogP contribution in [0.3, 0.4) is 0 Å². The van der Waals surface area contributed by atoms with E-state index < -0.39 is 0 Å². The number of H-pyrrole nitrogens is 1. The fourth-order valence-electron chi connectivity index (χ4n) is 2.37. The van der Waals surface area contributed by atoms with Gasteiger partial charge in [-0.2, -0.15) is 0 Å². The maximum atomic E-state index is 12.3. The minimum absolute atomic E-state index is 0.0308. The number of rotatable bonds is 5. The molecule has 0 aliphatic carbocycles. The van der Waals surface area contributed by atoms with Crippen molar-refractivity contribution < 1.29 is 4.79 Å². The van der Waals surface area contributed by atoms with Crippen LogP contribution in [0.5, 0.6) is 0 Å². The van der Waals surface area contributed by atoms with Crippen LogP contribution in [0.25, 0.3) is 11.5 Å². The Labute approximate surface area is 144 Å². The predicted octanol–water partition coefficient (Wildman–Crippen LogP) is 1.39. The summed E-state index contributed by atoms with van der Waals surface area (Å²) in [5, 5.41) is 2.78. The molecule has 3 rings (SSSR count). The molecule has 126 valence electrons. The highest BCUT2D eigenvalue weighted by Crippen LogP contribution is 2.11. The van der Waals surface area contributed by atoms with Crippen LogP contribution >= 0.6 is 0 Å². The standard InChI is InChI=1S/C18H17N5O2/c1-12-14(9-16(24)21-11-13-5-4-7-19-10-13)18(25)23-17(22-12)15-6-2-3-8-20-15/h2-8,10H,9,11H2,1H3,(H,21,24)(H,22,23,25). The number of carbonyl (C=O) groups excluding carboxylic acids is 1. The lowest BCUT2D eigenvalue weighted by molar-refractivity contribution is -0.120. The summed E-state index contributed by atoms with van der Waals surface area (Å²) in [6.45, 7) is 2.08. The number of hydrogen-bond acceptors (Lipinski definition) is 5. The Balaban J connectivity index is 1.72. The highest BCUT2D eigenvalue weighted by molar-refractivity contribution is 5.78. The first-order valence-corrected chi connectivity index (χ1v) is 7.80. The van der Waals surface area contributed by atoms with Crippen molar-refractivity contribution in [1.29, 1.82) is 0 Å². The van der Waals surface area contributed by atoms with Crippen LogP contribution in [-0.2, 0) is 17.8 Å². The summed E-state index contributed by atoms with van der Waals surface area (Å²) in [5.41, 5.74) is 2.01. The number of aryl methyl sites for hydroxylation is 1. The van der Waals surface area contributed by atoms with E-state index in [4.69, 9.17) is 0 Å². The van der Waals surface area contributed by atoms with Gasteiger partial charge in [0, 0.05) is 36.4 Å². The zero-order chi connectivity index (χ0) is 17.6. The highest BCUT2D eigenvalue weighted by atomic mass is 16.2. The molecule has 0 aliphatic rings. The largest absolute Gasteiger partial charge is 0.352 e. The highest BCUT2D eigenvalue weighted by Gasteiger charge is 2.13. The summed E-state index contributed by atoms with van der Waals surface area (Å²) in [6.07, 6.45) is 4.95. The minimum Gasteiger partial charge on any atom is -0.352 e. The minimum atomic E-state index is -0.329. The Morgan fingerprint density at radius 1 is 1.20 bits per heavy atom. The Hall–Kier alpha value is -3.35. The van der Waals surface area contributed by atoms with E-state index in [-0.39, 0.29) is 17.9 Å². The third kappa shape index (κ3) is 4.14. The topological polar surface area (TPSA) is 101 Å². The van der Waals surface area contributed by atoms with Gasteiger partial charge in [-0.3, -0.25) is 19.6 Å². The number of aromatic nitrogens is 4. The summed E-state index contributed by atoms with van der Waals surface area (Å²) >= 11 is 0. The number of aromatic amines is 1. The molecule has 2 N–H and O–H groups in total. The van der Waals surface area contributed by atoms with Crippen LogP contribution in [0.1, 0.15) is 16.8 Å². The van der Waals surface area contributed by atoms with E-state index in [0.29, 0.717) is 29.3 Å². The molecule has 0 aromatic carbocycles. The second-order valence-corrected chi connectivity index (χ2v) is 5.51. The van der Waals surface area contributed by atoms with E-state index in [9.17, 15) is 9.59 Å². The van der Waals surface area contributed by atoms with Gasteiger partial charge in [0.25, 0.3) is 5.56 Å². The quantitative estimate of drug-likeness (QED) is 0.734.